The van der Waals surface area contributed by atoms with Crippen LogP contribution >= 0.6 is 0 Å². The van der Waals surface area contributed by atoms with Crippen molar-refractivity contribution in [3.8, 4) is 0 Å². The molecule has 3 unspecified atom stereocenters. The van der Waals surface area contributed by atoms with Crippen molar-refractivity contribution in [2.24, 2.45) is 5.92 Å². The summed E-state index contributed by atoms with van der Waals surface area (Å²) in [7, 11) is -3.47. The summed E-state index contributed by atoms with van der Waals surface area (Å²) in [4.78, 5) is 0.353. The Morgan fingerprint density at radius 2 is 1.83 bits per heavy atom. The summed E-state index contributed by atoms with van der Waals surface area (Å²) < 4.78 is 27.9. The minimum absolute atomic E-state index is 0.226. The molecule has 3 atom stereocenters. The third-order valence-electron chi connectivity index (χ3n) is 6.24. The SMILES string of the molecule is CCCNS(=O)(=O)c1ccc2c(c1)C1C=CCC1C(c1c(C)cc(C)cc1C)N2. The fourth-order valence-electron chi connectivity index (χ4n) is 5.03. The average molecular weight is 411 g/mol. The monoisotopic (exact) mass is 410 g/mol. The summed E-state index contributed by atoms with van der Waals surface area (Å²) in [5, 5.41) is 3.75. The normalized spacial score (nSPS) is 22.8. The molecule has 1 heterocycles. The van der Waals surface area contributed by atoms with Crippen molar-refractivity contribution in [2.75, 3.05) is 11.9 Å². The van der Waals surface area contributed by atoms with E-state index in [4.69, 9.17) is 0 Å². The van der Waals surface area contributed by atoms with Crippen LogP contribution in [0, 0.1) is 26.7 Å². The highest BCUT2D eigenvalue weighted by molar-refractivity contribution is 7.89. The zero-order valence-corrected chi connectivity index (χ0v) is 18.4. The number of nitrogens with one attached hydrogen (secondary N) is 2. The Bertz CT molecular complexity index is 1050. The molecular formula is C24H30N2O2S. The van der Waals surface area contributed by atoms with Crippen molar-refractivity contribution in [1.82, 2.24) is 4.72 Å². The Kier molecular flexibility index (Phi) is 5.30. The molecule has 0 radical (unpaired) electrons. The number of fused-ring (bicyclic) bond motifs is 3. The lowest BCUT2D eigenvalue weighted by Gasteiger charge is -2.39. The lowest BCUT2D eigenvalue weighted by Crippen LogP contribution is -2.31. The van der Waals surface area contributed by atoms with Gasteiger partial charge in [0.1, 0.15) is 0 Å². The topological polar surface area (TPSA) is 58.2 Å². The van der Waals surface area contributed by atoms with Crippen molar-refractivity contribution < 1.29 is 8.42 Å². The van der Waals surface area contributed by atoms with Gasteiger partial charge in [-0.15, -0.1) is 0 Å². The van der Waals surface area contributed by atoms with Gasteiger partial charge in [-0.3, -0.25) is 0 Å². The molecule has 0 spiro atoms. The van der Waals surface area contributed by atoms with Crippen LogP contribution in [-0.2, 0) is 10.0 Å². The average Bonchev–Trinajstić information content (AvgIpc) is 3.15. The molecule has 0 saturated carbocycles. The van der Waals surface area contributed by atoms with Crippen molar-refractivity contribution >= 4 is 15.7 Å². The molecule has 0 bridgehead atoms. The molecule has 29 heavy (non-hydrogen) atoms. The fraction of sp³-hybridized carbons (Fsp3) is 0.417. The molecule has 154 valence electrons. The number of anilines is 1. The number of rotatable bonds is 5. The first-order chi connectivity index (χ1) is 13.8. The third-order valence-corrected chi connectivity index (χ3v) is 7.69. The van der Waals surface area contributed by atoms with E-state index in [1.807, 2.05) is 19.1 Å². The Balaban J connectivity index is 1.76. The molecular weight excluding hydrogens is 380 g/mol. The zero-order valence-electron chi connectivity index (χ0n) is 17.6. The van der Waals surface area contributed by atoms with E-state index < -0.39 is 10.0 Å². The summed E-state index contributed by atoms with van der Waals surface area (Å²) >= 11 is 0. The summed E-state index contributed by atoms with van der Waals surface area (Å²) in [6.45, 7) is 8.94. The second kappa shape index (κ2) is 7.62. The van der Waals surface area contributed by atoms with Gasteiger partial charge in [-0.05, 0) is 80.0 Å². The van der Waals surface area contributed by atoms with Crippen LogP contribution in [0.25, 0.3) is 0 Å². The highest BCUT2D eigenvalue weighted by atomic mass is 32.2. The van der Waals surface area contributed by atoms with E-state index >= 15 is 0 Å². The van der Waals surface area contributed by atoms with Gasteiger partial charge < -0.3 is 5.32 Å². The first-order valence-electron chi connectivity index (χ1n) is 10.5. The van der Waals surface area contributed by atoms with Crippen LogP contribution in [-0.4, -0.2) is 15.0 Å². The van der Waals surface area contributed by atoms with Crippen LogP contribution in [0.4, 0.5) is 5.69 Å². The molecule has 2 aromatic carbocycles. The van der Waals surface area contributed by atoms with Crippen molar-refractivity contribution in [3.63, 3.8) is 0 Å². The second-order valence-electron chi connectivity index (χ2n) is 8.43. The third kappa shape index (κ3) is 3.62. The highest BCUT2D eigenvalue weighted by Gasteiger charge is 2.39. The van der Waals surface area contributed by atoms with Crippen molar-refractivity contribution in [2.45, 2.75) is 57.4 Å². The lowest BCUT2D eigenvalue weighted by atomic mass is 9.75. The predicted octanol–water partition coefficient (Wildman–Crippen LogP) is 5.13. The quantitative estimate of drug-likeness (QED) is 0.672. The molecule has 4 nitrogen and oxygen atoms in total. The van der Waals surface area contributed by atoms with E-state index in [1.165, 1.54) is 22.3 Å². The Hall–Kier alpha value is -2.11. The standard InChI is InChI=1S/C24H30N2O2S/c1-5-11-25-29(27,28)18-9-10-22-21(14-18)19-7-6-8-20(19)24(26-22)23-16(3)12-15(2)13-17(23)4/h6-7,9-10,12-14,19-20,24-26H,5,8,11H2,1-4H3. The number of allylic oxidation sites excluding steroid dienone is 2. The largest absolute Gasteiger partial charge is 0.378 e. The second-order valence-corrected chi connectivity index (χ2v) is 10.2. The molecule has 5 heteroatoms. The maximum Gasteiger partial charge on any atom is 0.240 e. The fourth-order valence-corrected chi connectivity index (χ4v) is 6.20. The van der Waals surface area contributed by atoms with E-state index in [1.54, 1.807) is 6.07 Å². The van der Waals surface area contributed by atoms with Gasteiger partial charge >= 0.3 is 0 Å². The summed E-state index contributed by atoms with van der Waals surface area (Å²) in [6, 6.07) is 10.2. The van der Waals surface area contributed by atoms with Gasteiger partial charge in [-0.25, -0.2) is 13.1 Å². The minimum Gasteiger partial charge on any atom is -0.378 e. The molecule has 0 aromatic heterocycles. The molecule has 0 amide bonds. The Morgan fingerprint density at radius 1 is 1.10 bits per heavy atom. The predicted molar refractivity (Wildman–Crippen MR) is 119 cm³/mol. The van der Waals surface area contributed by atoms with E-state index in [0.29, 0.717) is 17.4 Å². The Morgan fingerprint density at radius 3 is 2.52 bits per heavy atom. The number of aryl methyl sites for hydroxylation is 3. The van der Waals surface area contributed by atoms with Crippen LogP contribution in [0.2, 0.25) is 0 Å². The first kappa shape index (κ1) is 20.2. The van der Waals surface area contributed by atoms with Crippen molar-refractivity contribution in [1.29, 1.82) is 0 Å². The molecule has 4 rings (SSSR count). The van der Waals surface area contributed by atoms with Crippen LogP contribution in [0.15, 0.2) is 47.4 Å². The molecule has 2 N–H and O–H groups in total. The summed E-state index contributed by atoms with van der Waals surface area (Å²) in [5.41, 5.74) is 7.42. The van der Waals surface area contributed by atoms with Crippen LogP contribution in [0.3, 0.4) is 0 Å². The van der Waals surface area contributed by atoms with Gasteiger partial charge in [0.25, 0.3) is 0 Å². The van der Waals surface area contributed by atoms with Gasteiger partial charge in [0.05, 0.1) is 10.9 Å². The maximum atomic E-state index is 12.6. The molecule has 1 aliphatic heterocycles. The van der Waals surface area contributed by atoms with E-state index in [-0.39, 0.29) is 12.0 Å². The van der Waals surface area contributed by atoms with Crippen LogP contribution < -0.4 is 10.0 Å². The van der Waals surface area contributed by atoms with E-state index in [9.17, 15) is 8.42 Å². The van der Waals surface area contributed by atoms with Crippen LogP contribution in [0.1, 0.15) is 59.5 Å². The van der Waals surface area contributed by atoms with Gasteiger partial charge in [0.2, 0.25) is 10.0 Å². The molecule has 1 aliphatic carbocycles. The zero-order chi connectivity index (χ0) is 20.8. The highest BCUT2D eigenvalue weighted by Crippen LogP contribution is 2.51. The minimum atomic E-state index is -3.47. The smallest absolute Gasteiger partial charge is 0.240 e. The molecule has 2 aromatic rings. The number of benzene rings is 2. The van der Waals surface area contributed by atoms with Gasteiger partial charge in [0.15, 0.2) is 0 Å². The number of hydrogen-bond acceptors (Lipinski definition) is 3. The summed E-state index contributed by atoms with van der Waals surface area (Å²) in [6.07, 6.45) is 6.27. The van der Waals surface area contributed by atoms with Crippen LogP contribution in [0.5, 0.6) is 0 Å². The lowest BCUT2D eigenvalue weighted by molar-refractivity contribution is 0.422. The van der Waals surface area contributed by atoms with Gasteiger partial charge in [-0.1, -0.05) is 36.8 Å². The van der Waals surface area contributed by atoms with E-state index in [0.717, 1.165) is 24.1 Å². The maximum absolute atomic E-state index is 12.6. The van der Waals surface area contributed by atoms with Gasteiger partial charge in [0, 0.05) is 18.2 Å². The molecule has 0 fully saturated rings. The van der Waals surface area contributed by atoms with Crippen molar-refractivity contribution in [3.05, 3.63) is 70.3 Å². The number of sulfonamides is 1. The summed E-state index contributed by atoms with van der Waals surface area (Å²) in [5.74, 6) is 0.627. The van der Waals surface area contributed by atoms with Gasteiger partial charge in [-0.2, -0.15) is 0 Å². The Labute approximate surface area is 174 Å². The molecule has 2 aliphatic rings. The number of hydrogen-bond donors (Lipinski definition) is 2. The first-order valence-corrected chi connectivity index (χ1v) is 11.9. The molecule has 0 saturated heterocycles. The van der Waals surface area contributed by atoms with E-state index in [2.05, 4.69) is 55.1 Å².